The maximum absolute atomic E-state index is 12.8. The molecule has 4 aromatic rings. The molecule has 3 aromatic heterocycles. The van der Waals surface area contributed by atoms with Gasteiger partial charge in [-0.05, 0) is 57.3 Å². The molecule has 0 unspecified atom stereocenters. The molecule has 1 aromatic carbocycles. The van der Waals surface area contributed by atoms with Gasteiger partial charge in [-0.3, -0.25) is 19.8 Å². The molecule has 1 amide bonds. The first kappa shape index (κ1) is 22.1. The second-order valence-electron chi connectivity index (χ2n) is 7.08. The van der Waals surface area contributed by atoms with Crippen molar-refractivity contribution in [1.82, 2.24) is 29.5 Å². The van der Waals surface area contributed by atoms with Crippen LogP contribution in [0, 0.1) is 25.5 Å². The van der Waals surface area contributed by atoms with Crippen molar-refractivity contribution >= 4 is 46.2 Å². The van der Waals surface area contributed by atoms with Gasteiger partial charge < -0.3 is 0 Å². The predicted molar refractivity (Wildman–Crippen MR) is 129 cm³/mol. The Kier molecular flexibility index (Phi) is 6.09. The molecule has 32 heavy (non-hydrogen) atoms. The number of thiazole rings is 1. The van der Waals surface area contributed by atoms with E-state index in [1.165, 1.54) is 11.3 Å². The predicted octanol–water partition coefficient (Wildman–Crippen LogP) is 5.27. The number of rotatable bonds is 6. The SMILES string of the molecule is C=CCn1c(-c2sc(NC(=O)c3ccc(-n4nc(C)c(Cl)c4C)cc3)nc2C)n[nH]c1=S. The molecule has 0 bridgehead atoms. The number of amides is 1. The average Bonchev–Trinajstić information content (AvgIpc) is 3.40. The Hall–Kier alpha value is -3.08. The highest BCUT2D eigenvalue weighted by Gasteiger charge is 2.18. The van der Waals surface area contributed by atoms with E-state index in [2.05, 4.69) is 32.2 Å². The van der Waals surface area contributed by atoms with Gasteiger partial charge in [-0.1, -0.05) is 29.0 Å². The van der Waals surface area contributed by atoms with E-state index in [9.17, 15) is 4.79 Å². The number of nitrogens with one attached hydrogen (secondary N) is 2. The lowest BCUT2D eigenvalue weighted by Crippen LogP contribution is -2.12. The Morgan fingerprint density at radius 1 is 1.28 bits per heavy atom. The number of aromatic amines is 1. The molecule has 2 N–H and O–H groups in total. The Morgan fingerprint density at radius 2 is 2.00 bits per heavy atom. The molecule has 0 spiro atoms. The number of carbonyl (C=O) groups is 1. The first-order chi connectivity index (χ1) is 15.3. The van der Waals surface area contributed by atoms with Crippen LogP contribution in [0.25, 0.3) is 16.4 Å². The van der Waals surface area contributed by atoms with E-state index in [-0.39, 0.29) is 5.91 Å². The van der Waals surface area contributed by atoms with Crippen LogP contribution in [0.15, 0.2) is 36.9 Å². The minimum absolute atomic E-state index is 0.256. The van der Waals surface area contributed by atoms with Crippen LogP contribution in [0.5, 0.6) is 0 Å². The van der Waals surface area contributed by atoms with E-state index >= 15 is 0 Å². The fourth-order valence-corrected chi connectivity index (χ4v) is 4.53. The van der Waals surface area contributed by atoms with Crippen LogP contribution in [0.4, 0.5) is 5.13 Å². The molecule has 8 nitrogen and oxygen atoms in total. The summed E-state index contributed by atoms with van der Waals surface area (Å²) >= 11 is 12.9. The number of benzene rings is 1. The molecule has 0 fully saturated rings. The van der Waals surface area contributed by atoms with Crippen LogP contribution >= 0.6 is 35.2 Å². The van der Waals surface area contributed by atoms with Crippen molar-refractivity contribution in [3.05, 3.63) is 69.4 Å². The number of hydrogen-bond acceptors (Lipinski definition) is 6. The van der Waals surface area contributed by atoms with Crippen molar-refractivity contribution < 1.29 is 4.79 Å². The lowest BCUT2D eigenvalue weighted by Gasteiger charge is -2.06. The molecule has 0 saturated heterocycles. The second-order valence-corrected chi connectivity index (χ2v) is 8.85. The largest absolute Gasteiger partial charge is 0.298 e. The molecule has 0 atom stereocenters. The molecule has 11 heteroatoms. The number of nitrogens with zero attached hydrogens (tertiary/aromatic N) is 5. The lowest BCUT2D eigenvalue weighted by atomic mass is 10.2. The molecule has 4 rings (SSSR count). The number of carbonyl (C=O) groups excluding carboxylic acids is 1. The summed E-state index contributed by atoms with van der Waals surface area (Å²) in [5, 5.41) is 15.5. The highest BCUT2D eigenvalue weighted by molar-refractivity contribution is 7.71. The third-order valence-corrected chi connectivity index (χ3v) is 6.79. The van der Waals surface area contributed by atoms with Crippen molar-refractivity contribution in [2.24, 2.45) is 0 Å². The summed E-state index contributed by atoms with van der Waals surface area (Å²) in [6, 6.07) is 7.14. The minimum Gasteiger partial charge on any atom is -0.298 e. The molecule has 3 heterocycles. The van der Waals surface area contributed by atoms with Crippen molar-refractivity contribution in [1.29, 1.82) is 0 Å². The van der Waals surface area contributed by atoms with Gasteiger partial charge in [-0.25, -0.2) is 9.67 Å². The van der Waals surface area contributed by atoms with E-state index in [0.717, 1.165) is 27.6 Å². The van der Waals surface area contributed by atoms with Gasteiger partial charge in [0.1, 0.15) is 0 Å². The van der Waals surface area contributed by atoms with Crippen molar-refractivity contribution in [2.45, 2.75) is 27.3 Å². The monoisotopic (exact) mass is 485 g/mol. The quantitative estimate of drug-likeness (QED) is 0.287. The highest BCUT2D eigenvalue weighted by atomic mass is 35.5. The Bertz CT molecular complexity index is 1380. The molecule has 0 aliphatic heterocycles. The molecule has 0 aliphatic carbocycles. The zero-order valence-corrected chi connectivity index (χ0v) is 20.0. The molecule has 0 radical (unpaired) electrons. The second kappa shape index (κ2) is 8.81. The standard InChI is InChI=1S/C21H20ClN7OS2/c1-5-10-28-18(25-26-21(28)31)17-12(3)23-20(32-17)24-19(30)14-6-8-15(9-7-14)29-13(4)16(22)11(2)27-29/h5-9H,1,10H2,2-4H3,(H,26,31)(H,23,24,30). The van der Waals surface area contributed by atoms with Gasteiger partial charge in [-0.2, -0.15) is 10.2 Å². The van der Waals surface area contributed by atoms with Gasteiger partial charge >= 0.3 is 0 Å². The van der Waals surface area contributed by atoms with E-state index in [0.29, 0.717) is 32.9 Å². The Balaban J connectivity index is 1.55. The maximum Gasteiger partial charge on any atom is 0.257 e. The third kappa shape index (κ3) is 4.04. The van der Waals surface area contributed by atoms with Crippen LogP contribution in [0.2, 0.25) is 5.02 Å². The topological polar surface area (TPSA) is 93.4 Å². The molecule has 0 saturated carbocycles. The zero-order valence-electron chi connectivity index (χ0n) is 17.6. The number of allylic oxidation sites excluding steroid dienone is 1. The number of aromatic nitrogens is 6. The molecule has 0 aliphatic rings. The number of aryl methyl sites for hydroxylation is 2. The van der Waals surface area contributed by atoms with Gasteiger partial charge in [0.2, 0.25) is 0 Å². The van der Waals surface area contributed by atoms with E-state index in [1.54, 1.807) is 22.9 Å². The van der Waals surface area contributed by atoms with Crippen LogP contribution in [0.3, 0.4) is 0 Å². The summed E-state index contributed by atoms with van der Waals surface area (Å²) in [4.78, 5) is 18.1. The Morgan fingerprint density at radius 3 is 2.62 bits per heavy atom. The summed E-state index contributed by atoms with van der Waals surface area (Å²) in [7, 11) is 0. The number of anilines is 1. The summed E-state index contributed by atoms with van der Waals surface area (Å²) < 4.78 is 4.09. The van der Waals surface area contributed by atoms with Gasteiger partial charge in [-0.15, -0.1) is 6.58 Å². The number of halogens is 1. The maximum atomic E-state index is 12.8. The summed E-state index contributed by atoms with van der Waals surface area (Å²) in [6.45, 7) is 9.91. The van der Waals surface area contributed by atoms with Crippen LogP contribution < -0.4 is 5.32 Å². The number of hydrogen-bond donors (Lipinski definition) is 2. The first-order valence-corrected chi connectivity index (χ1v) is 11.3. The molecular weight excluding hydrogens is 466 g/mol. The zero-order chi connectivity index (χ0) is 23.0. The van der Waals surface area contributed by atoms with Gasteiger partial charge in [0, 0.05) is 12.1 Å². The van der Waals surface area contributed by atoms with E-state index in [1.807, 2.05) is 37.5 Å². The average molecular weight is 486 g/mol. The fraction of sp³-hybridized carbons (Fsp3) is 0.190. The first-order valence-electron chi connectivity index (χ1n) is 9.67. The van der Waals surface area contributed by atoms with Gasteiger partial charge in [0.15, 0.2) is 15.7 Å². The normalized spacial score (nSPS) is 11.0. The van der Waals surface area contributed by atoms with Crippen molar-refractivity contribution in [3.63, 3.8) is 0 Å². The lowest BCUT2D eigenvalue weighted by molar-refractivity contribution is 0.102. The summed E-state index contributed by atoms with van der Waals surface area (Å²) in [5.74, 6) is 0.409. The third-order valence-electron chi connectivity index (χ3n) is 4.87. The van der Waals surface area contributed by atoms with Gasteiger partial charge in [0.25, 0.3) is 5.91 Å². The summed E-state index contributed by atoms with van der Waals surface area (Å²) in [5.41, 5.74) is 3.69. The van der Waals surface area contributed by atoms with Crippen LogP contribution in [-0.2, 0) is 6.54 Å². The van der Waals surface area contributed by atoms with Crippen molar-refractivity contribution in [3.8, 4) is 16.4 Å². The number of H-pyrrole nitrogens is 1. The van der Waals surface area contributed by atoms with Gasteiger partial charge in [0.05, 0.1) is 32.7 Å². The minimum atomic E-state index is -0.256. The van der Waals surface area contributed by atoms with E-state index in [4.69, 9.17) is 23.8 Å². The van der Waals surface area contributed by atoms with Crippen LogP contribution in [-0.4, -0.2) is 35.4 Å². The Labute approximate surface area is 198 Å². The highest BCUT2D eigenvalue weighted by Crippen LogP contribution is 2.32. The smallest absolute Gasteiger partial charge is 0.257 e. The summed E-state index contributed by atoms with van der Waals surface area (Å²) in [6.07, 6.45) is 1.75. The molecular formula is C21H20ClN7OS2. The fourth-order valence-electron chi connectivity index (χ4n) is 3.25. The van der Waals surface area contributed by atoms with Crippen LogP contribution in [0.1, 0.15) is 27.4 Å². The van der Waals surface area contributed by atoms with E-state index < -0.39 is 0 Å². The van der Waals surface area contributed by atoms with Crippen molar-refractivity contribution in [2.75, 3.05) is 5.32 Å². The molecule has 164 valence electrons.